The topological polar surface area (TPSA) is 41.1 Å². The van der Waals surface area contributed by atoms with E-state index in [1.165, 1.54) is 11.1 Å². The second-order valence-electron chi connectivity index (χ2n) is 5.46. The first kappa shape index (κ1) is 14.1. The highest BCUT2D eigenvalue weighted by Crippen LogP contribution is 2.19. The predicted molar refractivity (Wildman–Crippen MR) is 78.3 cm³/mol. The van der Waals surface area contributed by atoms with Crippen molar-refractivity contribution in [3.8, 4) is 0 Å². The molecule has 19 heavy (non-hydrogen) atoms. The van der Waals surface area contributed by atoms with E-state index in [0.29, 0.717) is 12.5 Å². The molecule has 3 nitrogen and oxygen atoms in total. The van der Waals surface area contributed by atoms with Gasteiger partial charge in [-0.25, -0.2) is 0 Å². The van der Waals surface area contributed by atoms with Crippen LogP contribution < -0.4 is 10.6 Å². The molecule has 1 aromatic carbocycles. The Kier molecular flexibility index (Phi) is 4.97. The van der Waals surface area contributed by atoms with Crippen LogP contribution in [0.25, 0.3) is 0 Å². The monoisotopic (exact) mass is 260 g/mol. The number of carbonyl (C=O) groups is 1. The van der Waals surface area contributed by atoms with Crippen LogP contribution in [0.4, 0.5) is 0 Å². The second kappa shape index (κ2) is 6.71. The number of carbonyl (C=O) groups excluding carboxylic acids is 1. The molecule has 3 heteroatoms. The van der Waals surface area contributed by atoms with Gasteiger partial charge in [0.25, 0.3) is 0 Å². The van der Waals surface area contributed by atoms with Crippen molar-refractivity contribution in [1.82, 2.24) is 10.6 Å². The lowest BCUT2D eigenvalue weighted by molar-refractivity contribution is -0.122. The molecule has 1 aromatic rings. The number of rotatable bonds is 5. The highest BCUT2D eigenvalue weighted by atomic mass is 16.1. The summed E-state index contributed by atoms with van der Waals surface area (Å²) < 4.78 is 0. The van der Waals surface area contributed by atoms with Gasteiger partial charge in [0.15, 0.2) is 0 Å². The Morgan fingerprint density at radius 2 is 2.16 bits per heavy atom. The van der Waals surface area contributed by atoms with Crippen LogP contribution in [0.2, 0.25) is 0 Å². The fourth-order valence-corrected chi connectivity index (χ4v) is 2.54. The third kappa shape index (κ3) is 4.06. The average Bonchev–Trinajstić information content (AvgIpc) is 2.91. The Bertz CT molecular complexity index is 407. The minimum atomic E-state index is 0.167. The molecule has 1 amide bonds. The van der Waals surface area contributed by atoms with E-state index in [1.54, 1.807) is 0 Å². The van der Waals surface area contributed by atoms with E-state index in [0.717, 1.165) is 25.9 Å². The molecule has 0 radical (unpaired) electrons. The van der Waals surface area contributed by atoms with Crippen LogP contribution in [-0.2, 0) is 11.2 Å². The highest BCUT2D eigenvalue weighted by Gasteiger charge is 2.18. The molecule has 0 bridgehead atoms. The van der Waals surface area contributed by atoms with Crippen LogP contribution in [0.3, 0.4) is 0 Å². The van der Waals surface area contributed by atoms with Crippen molar-refractivity contribution >= 4 is 5.91 Å². The van der Waals surface area contributed by atoms with Crippen molar-refractivity contribution in [2.24, 2.45) is 0 Å². The molecule has 1 saturated heterocycles. The zero-order chi connectivity index (χ0) is 13.7. The molecular formula is C16H24N2O. The van der Waals surface area contributed by atoms with Crippen LogP contribution in [0, 0.1) is 0 Å². The molecule has 1 heterocycles. The lowest BCUT2D eigenvalue weighted by atomic mass is 9.96. The number of aryl methyl sites for hydroxylation is 1. The van der Waals surface area contributed by atoms with Crippen molar-refractivity contribution in [2.45, 2.75) is 45.1 Å². The fourth-order valence-electron chi connectivity index (χ4n) is 2.54. The van der Waals surface area contributed by atoms with E-state index in [9.17, 15) is 4.79 Å². The van der Waals surface area contributed by atoms with E-state index >= 15 is 0 Å². The van der Waals surface area contributed by atoms with Crippen LogP contribution in [0.5, 0.6) is 0 Å². The smallest absolute Gasteiger partial charge is 0.220 e. The van der Waals surface area contributed by atoms with Gasteiger partial charge in [-0.3, -0.25) is 4.79 Å². The first-order chi connectivity index (χ1) is 9.19. The van der Waals surface area contributed by atoms with Crippen molar-refractivity contribution in [1.29, 1.82) is 0 Å². The first-order valence-corrected chi connectivity index (χ1v) is 7.28. The van der Waals surface area contributed by atoms with Gasteiger partial charge in [-0.2, -0.15) is 0 Å². The van der Waals surface area contributed by atoms with E-state index in [-0.39, 0.29) is 11.8 Å². The van der Waals surface area contributed by atoms with Crippen LogP contribution in [0.15, 0.2) is 24.3 Å². The van der Waals surface area contributed by atoms with Gasteiger partial charge in [-0.15, -0.1) is 0 Å². The number of benzene rings is 1. The largest absolute Gasteiger partial charge is 0.352 e. The molecule has 0 saturated carbocycles. The Morgan fingerprint density at radius 1 is 1.42 bits per heavy atom. The van der Waals surface area contributed by atoms with Gasteiger partial charge in [-0.05, 0) is 36.4 Å². The SMILES string of the molecule is CCc1ccc(C(C)CC(=O)NC2CCNC2)cc1. The maximum absolute atomic E-state index is 12.0. The average molecular weight is 260 g/mol. The van der Waals surface area contributed by atoms with Gasteiger partial charge in [0, 0.05) is 19.0 Å². The quantitative estimate of drug-likeness (QED) is 0.852. The molecule has 1 fully saturated rings. The minimum Gasteiger partial charge on any atom is -0.352 e. The molecule has 104 valence electrons. The van der Waals surface area contributed by atoms with E-state index in [4.69, 9.17) is 0 Å². The van der Waals surface area contributed by atoms with Gasteiger partial charge in [-0.1, -0.05) is 38.1 Å². The molecule has 0 aliphatic carbocycles. The Morgan fingerprint density at radius 3 is 2.74 bits per heavy atom. The van der Waals surface area contributed by atoms with Crippen LogP contribution in [0.1, 0.15) is 43.7 Å². The van der Waals surface area contributed by atoms with Gasteiger partial charge in [0.2, 0.25) is 5.91 Å². The maximum Gasteiger partial charge on any atom is 0.220 e. The summed E-state index contributed by atoms with van der Waals surface area (Å²) in [5, 5.41) is 6.36. The van der Waals surface area contributed by atoms with Gasteiger partial charge in [0.1, 0.15) is 0 Å². The van der Waals surface area contributed by atoms with Gasteiger partial charge in [0.05, 0.1) is 0 Å². The van der Waals surface area contributed by atoms with Crippen LogP contribution >= 0.6 is 0 Å². The molecule has 2 unspecified atom stereocenters. The summed E-state index contributed by atoms with van der Waals surface area (Å²) in [5.74, 6) is 0.445. The third-order valence-electron chi connectivity index (χ3n) is 3.87. The first-order valence-electron chi connectivity index (χ1n) is 7.28. The number of nitrogens with one attached hydrogen (secondary N) is 2. The molecule has 2 atom stereocenters. The third-order valence-corrected chi connectivity index (χ3v) is 3.87. The number of hydrogen-bond acceptors (Lipinski definition) is 2. The second-order valence-corrected chi connectivity index (χ2v) is 5.46. The summed E-state index contributed by atoms with van der Waals surface area (Å²) in [7, 11) is 0. The standard InChI is InChI=1S/C16H24N2O/c1-3-13-4-6-14(7-5-13)12(2)10-16(19)18-15-8-9-17-11-15/h4-7,12,15,17H,3,8-11H2,1-2H3,(H,18,19). The summed E-state index contributed by atoms with van der Waals surface area (Å²) in [6.45, 7) is 6.19. The molecule has 2 N–H and O–H groups in total. The Labute approximate surface area is 115 Å². The van der Waals surface area contributed by atoms with Crippen LogP contribution in [-0.4, -0.2) is 25.0 Å². The lowest BCUT2D eigenvalue weighted by Crippen LogP contribution is -2.36. The predicted octanol–water partition coefficient (Wildman–Crippen LogP) is 2.22. The van der Waals surface area contributed by atoms with Crippen molar-refractivity contribution in [3.05, 3.63) is 35.4 Å². The number of hydrogen-bond donors (Lipinski definition) is 2. The van der Waals surface area contributed by atoms with Crippen molar-refractivity contribution in [2.75, 3.05) is 13.1 Å². The summed E-state index contributed by atoms with van der Waals surface area (Å²) in [5.41, 5.74) is 2.59. The van der Waals surface area contributed by atoms with Crippen molar-refractivity contribution in [3.63, 3.8) is 0 Å². The van der Waals surface area contributed by atoms with Crippen molar-refractivity contribution < 1.29 is 4.79 Å². The van der Waals surface area contributed by atoms with E-state index in [1.807, 2.05) is 0 Å². The normalized spacial score (nSPS) is 20.2. The lowest BCUT2D eigenvalue weighted by Gasteiger charge is -2.15. The fraction of sp³-hybridized carbons (Fsp3) is 0.562. The molecule has 0 spiro atoms. The molecular weight excluding hydrogens is 236 g/mol. The van der Waals surface area contributed by atoms with E-state index < -0.39 is 0 Å². The van der Waals surface area contributed by atoms with Gasteiger partial charge < -0.3 is 10.6 Å². The minimum absolute atomic E-state index is 0.167. The molecule has 1 aliphatic rings. The highest BCUT2D eigenvalue weighted by molar-refractivity contribution is 5.77. The number of amides is 1. The Hall–Kier alpha value is -1.35. The molecule has 0 aromatic heterocycles. The molecule has 1 aliphatic heterocycles. The zero-order valence-corrected chi connectivity index (χ0v) is 11.9. The summed E-state index contributed by atoms with van der Waals surface area (Å²) in [4.78, 5) is 12.0. The summed E-state index contributed by atoms with van der Waals surface area (Å²) in [6, 6.07) is 8.93. The van der Waals surface area contributed by atoms with Gasteiger partial charge >= 0.3 is 0 Å². The van der Waals surface area contributed by atoms with E-state index in [2.05, 4.69) is 48.7 Å². The zero-order valence-electron chi connectivity index (χ0n) is 11.9. The maximum atomic E-state index is 12.0. The summed E-state index contributed by atoms with van der Waals surface area (Å²) >= 11 is 0. The molecule has 2 rings (SSSR count). The Balaban J connectivity index is 1.84. The summed E-state index contributed by atoms with van der Waals surface area (Å²) in [6.07, 6.45) is 2.68.